The molecule has 0 bridgehead atoms. The Bertz CT molecular complexity index is 794. The number of carboxylic acids is 1. The lowest BCUT2D eigenvalue weighted by Crippen LogP contribution is -2.01. The molecule has 172 valence electrons. The van der Waals surface area contributed by atoms with Gasteiger partial charge in [-0.05, 0) is 49.6 Å². The molecule has 0 aliphatic heterocycles. The highest BCUT2D eigenvalue weighted by atomic mass is 16.4. The summed E-state index contributed by atoms with van der Waals surface area (Å²) in [6.45, 7) is 2.26. The topological polar surface area (TPSA) is 70.2 Å². The van der Waals surface area contributed by atoms with Gasteiger partial charge in [-0.25, -0.2) is 0 Å². The monoisotopic (exact) mass is 427 g/mol. The molecule has 2 aromatic rings. The number of para-hydroxylation sites is 1. The second-order valence-corrected chi connectivity index (χ2v) is 8.14. The molecule has 0 saturated heterocycles. The van der Waals surface area contributed by atoms with Gasteiger partial charge >= 0.3 is 5.97 Å². The van der Waals surface area contributed by atoms with Gasteiger partial charge in [0.25, 0.3) is 0 Å². The fourth-order valence-corrected chi connectivity index (χ4v) is 3.44. The quantitative estimate of drug-likeness (QED) is 0.227. The number of rotatable bonds is 15. The van der Waals surface area contributed by atoms with Crippen LogP contribution in [0.25, 0.3) is 10.9 Å². The van der Waals surface area contributed by atoms with Crippen molar-refractivity contribution in [3.63, 3.8) is 0 Å². The molecule has 2 N–H and O–H groups in total. The number of aromatic amines is 1. The molecule has 0 spiro atoms. The van der Waals surface area contributed by atoms with E-state index in [1.165, 1.54) is 76.7 Å². The van der Waals surface area contributed by atoms with Gasteiger partial charge in [0.15, 0.2) is 0 Å². The molecule has 0 aliphatic carbocycles. The highest BCUT2D eigenvalue weighted by molar-refractivity contribution is 5.77. The Labute approximate surface area is 187 Å². The first-order valence-electron chi connectivity index (χ1n) is 12.1. The summed E-state index contributed by atoms with van der Waals surface area (Å²) < 4.78 is 0. The van der Waals surface area contributed by atoms with Crippen molar-refractivity contribution in [2.45, 2.75) is 96.8 Å². The van der Waals surface area contributed by atoms with E-state index in [9.17, 15) is 9.59 Å². The average molecular weight is 428 g/mol. The molecule has 0 fully saturated rings. The molecular weight excluding hydrogens is 386 g/mol. The molecule has 0 atom stereocenters. The van der Waals surface area contributed by atoms with Crippen LogP contribution < -0.4 is 5.56 Å². The summed E-state index contributed by atoms with van der Waals surface area (Å²) in [7, 11) is 0. The van der Waals surface area contributed by atoms with E-state index in [0.29, 0.717) is 6.42 Å². The van der Waals surface area contributed by atoms with Crippen LogP contribution in [0.2, 0.25) is 0 Å². The Hall–Kier alpha value is -2.36. The van der Waals surface area contributed by atoms with Crippen molar-refractivity contribution in [1.82, 2.24) is 4.98 Å². The normalized spacial score (nSPS) is 10.9. The van der Waals surface area contributed by atoms with Crippen molar-refractivity contribution in [3.8, 4) is 0 Å². The molecule has 0 aliphatic rings. The molecular formula is C27H41NO3. The van der Waals surface area contributed by atoms with E-state index in [1.54, 1.807) is 0 Å². The van der Waals surface area contributed by atoms with Gasteiger partial charge in [0.2, 0.25) is 5.56 Å². The molecule has 31 heavy (non-hydrogen) atoms. The number of carboxylic acid groups (broad SMARTS) is 1. The van der Waals surface area contributed by atoms with Gasteiger partial charge in [0.05, 0.1) is 0 Å². The van der Waals surface area contributed by atoms with E-state index in [0.717, 1.165) is 23.7 Å². The van der Waals surface area contributed by atoms with Crippen LogP contribution in [0.5, 0.6) is 0 Å². The minimum Gasteiger partial charge on any atom is -0.481 e. The van der Waals surface area contributed by atoms with Crippen LogP contribution >= 0.6 is 0 Å². The molecule has 1 aromatic carbocycles. The number of aromatic nitrogens is 1. The van der Waals surface area contributed by atoms with Crippen LogP contribution in [0.3, 0.4) is 0 Å². The summed E-state index contributed by atoms with van der Waals surface area (Å²) in [5.74, 6) is -0.664. The first-order valence-corrected chi connectivity index (χ1v) is 12.1. The zero-order chi connectivity index (χ0) is 22.6. The average Bonchev–Trinajstić information content (AvgIpc) is 2.76. The number of pyridine rings is 1. The van der Waals surface area contributed by atoms with E-state index in [-0.39, 0.29) is 5.56 Å². The maximum atomic E-state index is 10.8. The van der Waals surface area contributed by atoms with Crippen LogP contribution in [0, 0.1) is 0 Å². The summed E-state index contributed by atoms with van der Waals surface area (Å²) in [6, 6.07) is 11.0. The largest absolute Gasteiger partial charge is 0.481 e. The molecule has 4 nitrogen and oxygen atoms in total. The summed E-state index contributed by atoms with van der Waals surface area (Å²) in [5, 5.41) is 9.57. The van der Waals surface area contributed by atoms with Crippen molar-refractivity contribution in [2.24, 2.45) is 0 Å². The Kier molecular flexibility index (Phi) is 15.8. The third kappa shape index (κ3) is 15.1. The first kappa shape index (κ1) is 26.7. The molecule has 1 heterocycles. The lowest BCUT2D eigenvalue weighted by Gasteiger charge is -1.99. The predicted molar refractivity (Wildman–Crippen MR) is 132 cm³/mol. The van der Waals surface area contributed by atoms with Crippen molar-refractivity contribution >= 4 is 16.9 Å². The molecule has 0 saturated carbocycles. The zero-order valence-corrected chi connectivity index (χ0v) is 19.3. The standard InChI is InChI=1S/C18H34O2.C9H7NO/c1-2-3-4-5-6-7-8-9-10-11-12-13-14-15-16-17-18(19)20;11-9-6-5-7-3-1-2-4-8(7)10-9/h9-10H,2-8,11-17H2,1H3,(H,19,20);1-6H,(H,10,11). The van der Waals surface area contributed by atoms with E-state index >= 15 is 0 Å². The molecule has 0 amide bonds. The van der Waals surface area contributed by atoms with Gasteiger partial charge in [-0.15, -0.1) is 0 Å². The van der Waals surface area contributed by atoms with E-state index in [2.05, 4.69) is 24.1 Å². The number of hydrogen-bond donors (Lipinski definition) is 2. The lowest BCUT2D eigenvalue weighted by atomic mass is 10.1. The van der Waals surface area contributed by atoms with Gasteiger partial charge in [-0.1, -0.05) is 88.6 Å². The summed E-state index contributed by atoms with van der Waals surface area (Å²) in [4.78, 5) is 23.9. The number of nitrogens with one attached hydrogen (secondary N) is 1. The summed E-state index contributed by atoms with van der Waals surface area (Å²) in [5.41, 5.74) is 0.837. The minimum atomic E-state index is -0.664. The Morgan fingerprint density at radius 3 is 2.03 bits per heavy atom. The van der Waals surface area contributed by atoms with Crippen LogP contribution in [-0.2, 0) is 4.79 Å². The molecule has 0 radical (unpaired) electrons. The third-order valence-electron chi connectivity index (χ3n) is 5.29. The van der Waals surface area contributed by atoms with Gasteiger partial charge in [0, 0.05) is 18.0 Å². The highest BCUT2D eigenvalue weighted by Gasteiger charge is 1.96. The minimum absolute atomic E-state index is 0.0521. The van der Waals surface area contributed by atoms with Gasteiger partial charge in [0.1, 0.15) is 0 Å². The Morgan fingerprint density at radius 1 is 0.806 bits per heavy atom. The summed E-state index contributed by atoms with van der Waals surface area (Å²) in [6.07, 6.45) is 21.2. The smallest absolute Gasteiger partial charge is 0.303 e. The highest BCUT2D eigenvalue weighted by Crippen LogP contribution is 2.10. The second kappa shape index (κ2) is 18.4. The summed E-state index contributed by atoms with van der Waals surface area (Å²) >= 11 is 0. The van der Waals surface area contributed by atoms with Crippen molar-refractivity contribution in [3.05, 3.63) is 58.9 Å². The third-order valence-corrected chi connectivity index (χ3v) is 5.29. The first-order chi connectivity index (χ1) is 15.1. The molecule has 0 unspecified atom stereocenters. The number of carbonyl (C=O) groups is 1. The van der Waals surface area contributed by atoms with Crippen molar-refractivity contribution < 1.29 is 9.90 Å². The van der Waals surface area contributed by atoms with Crippen molar-refractivity contribution in [2.75, 3.05) is 0 Å². The zero-order valence-electron chi connectivity index (χ0n) is 19.3. The number of unbranched alkanes of at least 4 members (excludes halogenated alkanes) is 11. The number of benzene rings is 1. The van der Waals surface area contributed by atoms with Gasteiger partial charge < -0.3 is 10.1 Å². The SMILES string of the molecule is CCCCCCCCC=CCCCCCCCC(=O)O.O=c1ccc2ccccc2[nH]1. The lowest BCUT2D eigenvalue weighted by molar-refractivity contribution is -0.137. The number of aliphatic carboxylic acids is 1. The fourth-order valence-electron chi connectivity index (χ4n) is 3.44. The number of H-pyrrole nitrogens is 1. The van der Waals surface area contributed by atoms with Crippen LogP contribution in [-0.4, -0.2) is 16.1 Å². The predicted octanol–water partition coefficient (Wildman–Crippen LogP) is 7.64. The van der Waals surface area contributed by atoms with Crippen LogP contribution in [0.4, 0.5) is 0 Å². The maximum absolute atomic E-state index is 10.8. The van der Waals surface area contributed by atoms with Crippen molar-refractivity contribution in [1.29, 1.82) is 0 Å². The molecule has 2 rings (SSSR count). The van der Waals surface area contributed by atoms with E-state index in [4.69, 9.17) is 5.11 Å². The number of hydrogen-bond acceptors (Lipinski definition) is 2. The van der Waals surface area contributed by atoms with Crippen LogP contribution in [0.15, 0.2) is 53.3 Å². The number of allylic oxidation sites excluding steroid dienone is 2. The van der Waals surface area contributed by atoms with E-state index < -0.39 is 5.97 Å². The molecule has 4 heteroatoms. The Morgan fingerprint density at radius 2 is 1.39 bits per heavy atom. The number of fused-ring (bicyclic) bond motifs is 1. The Balaban J connectivity index is 0.000000361. The van der Waals surface area contributed by atoms with Gasteiger partial charge in [-0.2, -0.15) is 0 Å². The molecule has 1 aromatic heterocycles. The van der Waals surface area contributed by atoms with Gasteiger partial charge in [-0.3, -0.25) is 9.59 Å². The second-order valence-electron chi connectivity index (χ2n) is 8.14. The maximum Gasteiger partial charge on any atom is 0.303 e. The van der Waals surface area contributed by atoms with E-state index in [1.807, 2.05) is 30.3 Å². The fraction of sp³-hybridized carbons (Fsp3) is 0.556. The van der Waals surface area contributed by atoms with Crippen LogP contribution in [0.1, 0.15) is 96.8 Å².